The third-order valence-electron chi connectivity index (χ3n) is 12.6. The maximum atomic E-state index is 13.6. The van der Waals surface area contributed by atoms with Crippen LogP contribution in [0.15, 0.2) is 0 Å². The van der Waals surface area contributed by atoms with Gasteiger partial charge < -0.3 is 46.4 Å². The van der Waals surface area contributed by atoms with Crippen LogP contribution in [0.1, 0.15) is 252 Å². The highest BCUT2D eigenvalue weighted by Crippen LogP contribution is 2.18. The van der Waals surface area contributed by atoms with E-state index in [9.17, 15) is 48.9 Å². The van der Waals surface area contributed by atoms with Gasteiger partial charge in [-0.05, 0) is 38.5 Å². The number of aliphatic carboxylic acids is 2. The van der Waals surface area contributed by atoms with Crippen LogP contribution in [-0.4, -0.2) is 105 Å². The Morgan fingerprint density at radius 1 is 0.464 bits per heavy atom. The van der Waals surface area contributed by atoms with Gasteiger partial charge in [0.2, 0.25) is 23.6 Å². The number of carbonyl (C=O) groups is 7. The molecule has 0 saturated carbocycles. The molecule has 402 valence electrons. The van der Waals surface area contributed by atoms with E-state index in [2.05, 4.69) is 42.0 Å². The summed E-state index contributed by atoms with van der Waals surface area (Å²) in [6.45, 7) is 6.22. The van der Waals surface area contributed by atoms with Crippen molar-refractivity contribution < 1.29 is 58.7 Å². The molecule has 0 fully saturated rings. The Balaban J connectivity index is 5.51. The van der Waals surface area contributed by atoms with Crippen LogP contribution < -0.4 is 21.3 Å². The molecular formula is C53H98N4O12. The monoisotopic (exact) mass is 983 g/mol. The highest BCUT2D eigenvalue weighted by atomic mass is 16.5. The second-order valence-corrected chi connectivity index (χ2v) is 19.2. The topological polar surface area (TPSA) is 258 Å². The molecule has 0 aliphatic heterocycles. The number of unbranched alkanes of at least 4 members (excludes halogenated alkanes) is 24. The maximum Gasteiger partial charge on any atom is 0.326 e. The van der Waals surface area contributed by atoms with Crippen LogP contribution in [0.5, 0.6) is 0 Å². The lowest BCUT2D eigenvalue weighted by atomic mass is 10.0. The number of aliphatic hydroxyl groups is 2. The van der Waals surface area contributed by atoms with E-state index >= 15 is 0 Å². The number of esters is 1. The summed E-state index contributed by atoms with van der Waals surface area (Å²) in [5, 5.41) is 49.1. The summed E-state index contributed by atoms with van der Waals surface area (Å²) in [5.41, 5.74) is 0. The largest absolute Gasteiger partial charge is 0.481 e. The molecule has 0 bridgehead atoms. The molecule has 0 heterocycles. The van der Waals surface area contributed by atoms with Gasteiger partial charge >= 0.3 is 17.9 Å². The van der Waals surface area contributed by atoms with E-state index in [1.165, 1.54) is 96.3 Å². The van der Waals surface area contributed by atoms with E-state index in [4.69, 9.17) is 9.84 Å². The van der Waals surface area contributed by atoms with Crippen molar-refractivity contribution >= 4 is 41.5 Å². The van der Waals surface area contributed by atoms with Gasteiger partial charge in [0.15, 0.2) is 0 Å². The number of ether oxygens (including phenoxy) is 1. The van der Waals surface area contributed by atoms with Crippen molar-refractivity contribution in [2.45, 2.75) is 282 Å². The van der Waals surface area contributed by atoms with Crippen LogP contribution in [0.25, 0.3) is 0 Å². The van der Waals surface area contributed by atoms with Crippen molar-refractivity contribution in [3.8, 4) is 0 Å². The first kappa shape index (κ1) is 65.2. The minimum absolute atomic E-state index is 0.0227. The minimum Gasteiger partial charge on any atom is -0.481 e. The van der Waals surface area contributed by atoms with Gasteiger partial charge in [-0.3, -0.25) is 28.8 Å². The first-order chi connectivity index (χ1) is 33.3. The maximum absolute atomic E-state index is 13.6. The van der Waals surface area contributed by atoms with E-state index in [1.807, 2.05) is 0 Å². The first-order valence-electron chi connectivity index (χ1n) is 27.3. The Labute approximate surface area is 415 Å². The molecule has 16 heteroatoms. The van der Waals surface area contributed by atoms with Crippen molar-refractivity contribution in [3.63, 3.8) is 0 Å². The Kier molecular flexibility index (Phi) is 42.9. The summed E-state index contributed by atoms with van der Waals surface area (Å²) in [6.07, 6.45) is 28.0. The second-order valence-electron chi connectivity index (χ2n) is 19.2. The highest BCUT2D eigenvalue weighted by Gasteiger charge is 2.29. The molecule has 0 aliphatic rings. The predicted molar refractivity (Wildman–Crippen MR) is 270 cm³/mol. The second kappa shape index (κ2) is 45.4. The minimum atomic E-state index is -1.78. The number of rotatable bonds is 49. The third-order valence-corrected chi connectivity index (χ3v) is 12.6. The Morgan fingerprint density at radius 3 is 1.38 bits per heavy atom. The fourth-order valence-corrected chi connectivity index (χ4v) is 8.38. The van der Waals surface area contributed by atoms with Crippen LogP contribution in [0.3, 0.4) is 0 Å². The smallest absolute Gasteiger partial charge is 0.326 e. The Morgan fingerprint density at radius 2 is 0.899 bits per heavy atom. The summed E-state index contributed by atoms with van der Waals surface area (Å²) >= 11 is 0. The fraction of sp³-hybridized carbons (Fsp3) is 0.868. The fourth-order valence-electron chi connectivity index (χ4n) is 8.38. The molecule has 16 nitrogen and oxygen atoms in total. The summed E-state index contributed by atoms with van der Waals surface area (Å²) < 4.78 is 5.84. The molecule has 0 radical (unpaired) electrons. The number of carboxylic acid groups (broad SMARTS) is 2. The molecule has 0 rings (SSSR count). The molecule has 4 amide bonds. The van der Waals surface area contributed by atoms with Gasteiger partial charge in [-0.1, -0.05) is 181 Å². The van der Waals surface area contributed by atoms with Crippen LogP contribution in [-0.2, 0) is 38.3 Å². The molecule has 0 aromatic rings. The molecule has 0 aromatic carbocycles. The SMILES string of the molecule is CCCCCCCCCCCC(=O)O[C@H](CCCCCCCCCCC)CC(=O)N[C@H](CC(=O)N[C@@H](CC(=O)O)C(=O)O)C(=O)NCCC[C@H](CO)NC(=O)C[C@H](O)CCCCCCCCCCC. The first-order valence-corrected chi connectivity index (χ1v) is 27.3. The van der Waals surface area contributed by atoms with Gasteiger partial charge in [-0.2, -0.15) is 0 Å². The number of carbonyl (C=O) groups excluding carboxylic acids is 5. The van der Waals surface area contributed by atoms with Gasteiger partial charge in [0.05, 0.1) is 44.4 Å². The van der Waals surface area contributed by atoms with Gasteiger partial charge in [0.25, 0.3) is 0 Å². The van der Waals surface area contributed by atoms with Crippen LogP contribution in [0, 0.1) is 0 Å². The molecule has 0 aliphatic carbocycles. The molecule has 69 heavy (non-hydrogen) atoms. The molecule has 0 spiro atoms. The van der Waals surface area contributed by atoms with Crippen LogP contribution >= 0.6 is 0 Å². The normalized spacial score (nSPS) is 13.4. The standard InChI is InChI=1S/C53H98N4O12/c1-4-7-10-13-16-19-22-25-28-33-43(59)37-47(60)55-42(41-58)32-31-36-54-52(66)45(39-49(62)57-46(53(67)68)40-50(63)64)56-48(61)38-44(34-29-26-23-20-17-14-11-8-5-2)69-51(65)35-30-27-24-21-18-15-12-9-6-3/h42-46,58-59H,4-41H2,1-3H3,(H,54,66)(H,55,60)(H,56,61)(H,57,62)(H,63,64)(H,67,68)/t42-,43-,44-,45-,46+/m1/s1. The lowest BCUT2D eigenvalue weighted by molar-refractivity contribution is -0.151. The summed E-state index contributed by atoms with van der Waals surface area (Å²) in [6, 6.07) is -3.92. The highest BCUT2D eigenvalue weighted by molar-refractivity contribution is 5.93. The van der Waals surface area contributed by atoms with E-state index in [0.717, 1.165) is 70.6 Å². The van der Waals surface area contributed by atoms with Crippen molar-refractivity contribution in [2.24, 2.45) is 0 Å². The van der Waals surface area contributed by atoms with E-state index in [1.54, 1.807) is 0 Å². The zero-order valence-electron chi connectivity index (χ0n) is 43.3. The van der Waals surface area contributed by atoms with E-state index in [0.29, 0.717) is 19.3 Å². The molecule has 0 saturated heterocycles. The van der Waals surface area contributed by atoms with Gasteiger partial charge in [-0.15, -0.1) is 0 Å². The average molecular weight is 983 g/mol. The number of carboxylic acids is 2. The Hall–Kier alpha value is -3.79. The average Bonchev–Trinajstić information content (AvgIpc) is 3.30. The van der Waals surface area contributed by atoms with Crippen molar-refractivity contribution in [1.82, 2.24) is 21.3 Å². The molecule has 0 aromatic heterocycles. The lowest BCUT2D eigenvalue weighted by Crippen LogP contribution is -2.51. The third kappa shape index (κ3) is 40.6. The number of aliphatic hydroxyl groups excluding tert-OH is 2. The zero-order chi connectivity index (χ0) is 51.3. The summed E-state index contributed by atoms with van der Waals surface area (Å²) in [4.78, 5) is 88.8. The van der Waals surface area contributed by atoms with Gasteiger partial charge in [0, 0.05) is 13.0 Å². The molecule has 8 N–H and O–H groups in total. The molecule has 5 atom stereocenters. The van der Waals surface area contributed by atoms with Crippen LogP contribution in [0.4, 0.5) is 0 Å². The van der Waals surface area contributed by atoms with Crippen molar-refractivity contribution in [1.29, 1.82) is 0 Å². The zero-order valence-corrected chi connectivity index (χ0v) is 43.3. The van der Waals surface area contributed by atoms with E-state index < -0.39 is 84.7 Å². The van der Waals surface area contributed by atoms with Crippen molar-refractivity contribution in [3.05, 3.63) is 0 Å². The quantitative estimate of drug-likeness (QED) is 0.0210. The number of hydrogen-bond donors (Lipinski definition) is 8. The number of hydrogen-bond acceptors (Lipinski definition) is 10. The predicted octanol–water partition coefficient (Wildman–Crippen LogP) is 9.09. The summed E-state index contributed by atoms with van der Waals surface area (Å²) in [7, 11) is 0. The molecular weight excluding hydrogens is 885 g/mol. The molecule has 0 unspecified atom stereocenters. The van der Waals surface area contributed by atoms with Crippen LogP contribution in [0.2, 0.25) is 0 Å². The number of nitrogens with one attached hydrogen (secondary N) is 4. The van der Waals surface area contributed by atoms with Gasteiger partial charge in [-0.25, -0.2) is 4.79 Å². The lowest BCUT2D eigenvalue weighted by Gasteiger charge is -2.22. The van der Waals surface area contributed by atoms with Crippen molar-refractivity contribution in [2.75, 3.05) is 13.2 Å². The Bertz CT molecular complexity index is 1370. The van der Waals surface area contributed by atoms with E-state index in [-0.39, 0.29) is 45.3 Å². The van der Waals surface area contributed by atoms with Gasteiger partial charge in [0.1, 0.15) is 18.2 Å². The number of amides is 4. The summed E-state index contributed by atoms with van der Waals surface area (Å²) in [5.74, 6) is -6.26.